The highest BCUT2D eigenvalue weighted by Gasteiger charge is 2.37. The SMILES string of the molecule is C=CC(=O)N1CCC(NC2CCc3cc(-n4c(-c5cccnc5N)nc5ccc(-n6cccn6)nc54)ccc32)C[C@@H]1C(F)F. The highest BCUT2D eigenvalue weighted by Crippen LogP contribution is 2.37. The van der Waals surface area contributed by atoms with Gasteiger partial charge in [-0.25, -0.2) is 28.4 Å². The number of benzene rings is 1. The second-order valence-corrected chi connectivity index (χ2v) is 11.2. The van der Waals surface area contributed by atoms with Crippen LogP contribution in [0.15, 0.2) is 79.8 Å². The van der Waals surface area contributed by atoms with E-state index < -0.39 is 18.4 Å². The minimum Gasteiger partial charge on any atom is -0.383 e. The van der Waals surface area contributed by atoms with E-state index in [1.54, 1.807) is 17.1 Å². The maximum absolute atomic E-state index is 13.9. The molecular weight excluding hydrogens is 564 g/mol. The summed E-state index contributed by atoms with van der Waals surface area (Å²) >= 11 is 0. The molecule has 1 saturated heterocycles. The van der Waals surface area contributed by atoms with Gasteiger partial charge in [-0.05, 0) is 85.4 Å². The molecule has 1 amide bonds. The Balaban J connectivity index is 1.22. The molecule has 7 rings (SSSR count). The van der Waals surface area contributed by atoms with Crippen LogP contribution in [0.4, 0.5) is 14.6 Å². The van der Waals surface area contributed by atoms with E-state index in [0.717, 1.165) is 30.2 Å². The lowest BCUT2D eigenvalue weighted by Gasteiger charge is -2.39. The molecule has 10 nitrogen and oxygen atoms in total. The molecule has 12 heteroatoms. The Kier molecular flexibility index (Phi) is 7.13. The van der Waals surface area contributed by atoms with Crippen LogP contribution in [0.5, 0.6) is 0 Å². The number of alkyl halides is 2. The summed E-state index contributed by atoms with van der Waals surface area (Å²) in [6, 6.07) is 14.4. The van der Waals surface area contributed by atoms with Crippen molar-refractivity contribution in [1.82, 2.24) is 39.5 Å². The molecule has 3 N–H and O–H groups in total. The molecule has 3 atom stereocenters. The standard InChI is InChI=1S/C32H31F2N9O/c1-2-28(44)41-16-12-20(18-26(41)29(33)34)38-24-9-6-19-17-21(7-8-22(19)24)43-31(23-5-3-13-36-30(23)35)39-25-10-11-27(40-32(25)43)42-15-4-14-37-42/h2-5,7-8,10-11,13-15,17,20,24,26,29,38H,1,6,9,12,16,18H2,(H2,35,36)/t20?,24?,26-/m1/s1. The third kappa shape index (κ3) is 4.90. The van der Waals surface area contributed by atoms with Gasteiger partial charge in [-0.1, -0.05) is 12.6 Å². The minimum atomic E-state index is -2.61. The normalized spacial score (nSPS) is 19.9. The van der Waals surface area contributed by atoms with Crippen molar-refractivity contribution in [2.75, 3.05) is 12.3 Å². The number of pyridine rings is 2. The number of halogens is 2. The van der Waals surface area contributed by atoms with E-state index in [1.807, 2.05) is 47.2 Å². The van der Waals surface area contributed by atoms with E-state index in [0.29, 0.717) is 40.6 Å². The van der Waals surface area contributed by atoms with Gasteiger partial charge in [0.1, 0.15) is 11.3 Å². The number of carbonyl (C=O) groups is 1. The number of nitrogens with one attached hydrogen (secondary N) is 1. The summed E-state index contributed by atoms with van der Waals surface area (Å²) < 4.78 is 31.5. The number of nitrogens with zero attached hydrogens (tertiary/aromatic N) is 7. The molecule has 0 radical (unpaired) electrons. The summed E-state index contributed by atoms with van der Waals surface area (Å²) in [7, 11) is 0. The molecule has 1 aromatic carbocycles. The Hall–Kier alpha value is -4.97. The first-order valence-electron chi connectivity index (χ1n) is 14.6. The van der Waals surface area contributed by atoms with Gasteiger partial charge in [-0.15, -0.1) is 0 Å². The van der Waals surface area contributed by atoms with Crippen LogP contribution in [0.1, 0.15) is 36.4 Å². The smallest absolute Gasteiger partial charge is 0.258 e. The lowest BCUT2D eigenvalue weighted by atomic mass is 9.95. The fourth-order valence-corrected chi connectivity index (χ4v) is 6.49. The molecule has 0 saturated carbocycles. The van der Waals surface area contributed by atoms with Crippen molar-refractivity contribution in [3.63, 3.8) is 0 Å². The predicted molar refractivity (Wildman–Crippen MR) is 163 cm³/mol. The Labute approximate surface area is 252 Å². The van der Waals surface area contributed by atoms with Crippen LogP contribution in [-0.2, 0) is 11.2 Å². The molecule has 5 aromatic rings. The van der Waals surface area contributed by atoms with Crippen molar-refractivity contribution >= 4 is 22.9 Å². The topological polar surface area (TPSA) is 120 Å². The Morgan fingerprint density at radius 3 is 2.77 bits per heavy atom. The first-order valence-corrected chi connectivity index (χ1v) is 14.6. The average Bonchev–Trinajstić information content (AvgIpc) is 3.79. The first-order chi connectivity index (χ1) is 21.4. The number of carbonyl (C=O) groups excluding carboxylic acids is 1. The van der Waals surface area contributed by atoms with E-state index in [2.05, 4.69) is 34.1 Å². The van der Waals surface area contributed by atoms with Crippen LogP contribution >= 0.6 is 0 Å². The zero-order valence-corrected chi connectivity index (χ0v) is 23.9. The largest absolute Gasteiger partial charge is 0.383 e. The molecule has 1 fully saturated rings. The molecule has 1 aliphatic heterocycles. The molecule has 224 valence electrons. The first kappa shape index (κ1) is 27.8. The van der Waals surface area contributed by atoms with Gasteiger partial charge in [0.25, 0.3) is 6.43 Å². The second kappa shape index (κ2) is 11.3. The lowest BCUT2D eigenvalue weighted by molar-refractivity contribution is -0.134. The maximum atomic E-state index is 13.9. The maximum Gasteiger partial charge on any atom is 0.258 e. The van der Waals surface area contributed by atoms with Gasteiger partial charge in [-0.2, -0.15) is 5.10 Å². The van der Waals surface area contributed by atoms with Gasteiger partial charge in [0, 0.05) is 42.9 Å². The number of aryl methyl sites for hydroxylation is 1. The predicted octanol–water partition coefficient (Wildman–Crippen LogP) is 4.64. The number of amides is 1. The third-order valence-corrected chi connectivity index (χ3v) is 8.60. The van der Waals surface area contributed by atoms with Crippen molar-refractivity contribution in [1.29, 1.82) is 0 Å². The van der Waals surface area contributed by atoms with Gasteiger partial charge in [-0.3, -0.25) is 9.36 Å². The number of aromatic nitrogens is 6. The lowest BCUT2D eigenvalue weighted by Crippen LogP contribution is -2.53. The number of nitrogens with two attached hydrogens (primary N) is 1. The summed E-state index contributed by atoms with van der Waals surface area (Å²) in [6.07, 6.45) is 6.16. The quantitative estimate of drug-likeness (QED) is 0.263. The van der Waals surface area contributed by atoms with Crippen LogP contribution < -0.4 is 11.1 Å². The van der Waals surface area contributed by atoms with E-state index in [-0.39, 0.29) is 25.0 Å². The number of hydrogen-bond donors (Lipinski definition) is 2. The van der Waals surface area contributed by atoms with Gasteiger partial charge < -0.3 is 16.0 Å². The number of anilines is 1. The second-order valence-electron chi connectivity index (χ2n) is 11.2. The third-order valence-electron chi connectivity index (χ3n) is 8.60. The molecule has 2 unspecified atom stereocenters. The van der Waals surface area contributed by atoms with Crippen LogP contribution in [0, 0.1) is 0 Å². The number of rotatable bonds is 7. The zero-order valence-electron chi connectivity index (χ0n) is 23.9. The summed E-state index contributed by atoms with van der Waals surface area (Å²) in [4.78, 5) is 27.5. The molecule has 0 spiro atoms. The Bertz CT molecular complexity index is 1850. The van der Waals surface area contributed by atoms with Crippen molar-refractivity contribution in [3.8, 4) is 22.9 Å². The molecule has 2 aliphatic rings. The van der Waals surface area contributed by atoms with Gasteiger partial charge in [0.05, 0.1) is 11.6 Å². The van der Waals surface area contributed by atoms with Crippen LogP contribution in [0.2, 0.25) is 0 Å². The van der Waals surface area contributed by atoms with Crippen molar-refractivity contribution < 1.29 is 13.6 Å². The monoisotopic (exact) mass is 595 g/mol. The van der Waals surface area contributed by atoms with Gasteiger partial charge >= 0.3 is 0 Å². The molecular formula is C32H31F2N9O. The summed E-state index contributed by atoms with van der Waals surface area (Å²) in [5, 5.41) is 7.96. The van der Waals surface area contributed by atoms with Crippen molar-refractivity contribution in [2.45, 2.75) is 50.2 Å². The number of likely N-dealkylation sites (tertiary alicyclic amines) is 1. The summed E-state index contributed by atoms with van der Waals surface area (Å²) in [5.74, 6) is 1.20. The highest BCUT2D eigenvalue weighted by atomic mass is 19.3. The number of fused-ring (bicyclic) bond motifs is 2. The fourth-order valence-electron chi connectivity index (χ4n) is 6.49. The molecule has 0 bridgehead atoms. The van der Waals surface area contributed by atoms with E-state index in [9.17, 15) is 13.6 Å². The van der Waals surface area contributed by atoms with E-state index >= 15 is 0 Å². The van der Waals surface area contributed by atoms with Crippen molar-refractivity contribution in [3.05, 3.63) is 90.9 Å². The Morgan fingerprint density at radius 1 is 1.11 bits per heavy atom. The number of imidazole rings is 1. The van der Waals surface area contributed by atoms with Crippen LogP contribution in [0.25, 0.3) is 34.1 Å². The molecule has 1 aliphatic carbocycles. The Morgan fingerprint density at radius 2 is 2.00 bits per heavy atom. The molecule has 4 aromatic heterocycles. The molecule has 44 heavy (non-hydrogen) atoms. The van der Waals surface area contributed by atoms with Gasteiger partial charge in [0.15, 0.2) is 17.3 Å². The van der Waals surface area contributed by atoms with Crippen LogP contribution in [-0.4, -0.2) is 65.2 Å². The fraction of sp³-hybridized carbons (Fsp3) is 0.281. The molecule has 5 heterocycles. The van der Waals surface area contributed by atoms with Gasteiger partial charge in [0.2, 0.25) is 5.91 Å². The number of nitrogen functional groups attached to an aromatic ring is 1. The number of piperidine rings is 1. The van der Waals surface area contributed by atoms with E-state index in [1.165, 1.54) is 10.5 Å². The zero-order chi connectivity index (χ0) is 30.4. The average molecular weight is 596 g/mol. The van der Waals surface area contributed by atoms with E-state index in [4.69, 9.17) is 15.7 Å². The summed E-state index contributed by atoms with van der Waals surface area (Å²) in [6.45, 7) is 3.74. The summed E-state index contributed by atoms with van der Waals surface area (Å²) in [5.41, 5.74) is 11.5. The minimum absolute atomic E-state index is 0.0292. The van der Waals surface area contributed by atoms with Crippen molar-refractivity contribution in [2.24, 2.45) is 0 Å². The van der Waals surface area contributed by atoms with Crippen LogP contribution in [0.3, 0.4) is 0 Å². The highest BCUT2D eigenvalue weighted by molar-refractivity contribution is 5.87. The number of hydrogen-bond acceptors (Lipinski definition) is 7.